The molecule has 8 nitrogen and oxygen atoms in total. The van der Waals surface area contributed by atoms with Crippen LogP contribution in [0.5, 0.6) is 0 Å². The van der Waals surface area contributed by atoms with Gasteiger partial charge in [-0.1, -0.05) is 0 Å². The van der Waals surface area contributed by atoms with E-state index in [0.29, 0.717) is 5.82 Å². The Hall–Kier alpha value is -2.51. The van der Waals surface area contributed by atoms with Crippen molar-refractivity contribution in [3.05, 3.63) is 34.6 Å². The molecule has 76 valence electrons. The third-order valence-electron chi connectivity index (χ3n) is 1.69. The van der Waals surface area contributed by atoms with Gasteiger partial charge in [0.2, 0.25) is 0 Å². The molecule has 0 radical (unpaired) electrons. The van der Waals surface area contributed by atoms with Crippen LogP contribution in [0, 0.1) is 10.1 Å². The fraction of sp³-hybridized carbons (Fsp3) is 0. The van der Waals surface area contributed by atoms with E-state index in [0.717, 1.165) is 6.20 Å². The average Bonchev–Trinajstić information content (AvgIpc) is 2.68. The third-order valence-corrected chi connectivity index (χ3v) is 1.69. The highest BCUT2D eigenvalue weighted by Crippen LogP contribution is 2.11. The Balaban J connectivity index is 2.37. The third kappa shape index (κ3) is 1.73. The van der Waals surface area contributed by atoms with E-state index in [2.05, 4.69) is 15.3 Å². The largest absolute Gasteiger partial charge is 0.382 e. The van der Waals surface area contributed by atoms with E-state index < -0.39 is 4.92 Å². The SMILES string of the molecule is Nc1ccc(-n2cc([N+](=O)[O-])cn2)nn1. The predicted octanol–water partition coefficient (Wildman–Crippen LogP) is 0.153. The van der Waals surface area contributed by atoms with E-state index >= 15 is 0 Å². The summed E-state index contributed by atoms with van der Waals surface area (Å²) in [6, 6.07) is 3.11. The zero-order valence-electron chi connectivity index (χ0n) is 7.44. The van der Waals surface area contributed by atoms with Crippen molar-refractivity contribution >= 4 is 11.5 Å². The minimum absolute atomic E-state index is 0.103. The summed E-state index contributed by atoms with van der Waals surface area (Å²) in [6.07, 6.45) is 2.39. The molecule has 8 heteroatoms. The number of nitrogens with two attached hydrogens (primary N) is 1. The van der Waals surface area contributed by atoms with Gasteiger partial charge < -0.3 is 5.73 Å². The molecule has 0 saturated carbocycles. The first-order chi connectivity index (χ1) is 7.16. The van der Waals surface area contributed by atoms with Crippen molar-refractivity contribution in [1.29, 1.82) is 0 Å². The lowest BCUT2D eigenvalue weighted by molar-refractivity contribution is -0.384. The maximum absolute atomic E-state index is 10.4. The first-order valence-corrected chi connectivity index (χ1v) is 3.95. The van der Waals surface area contributed by atoms with Crippen molar-refractivity contribution < 1.29 is 4.92 Å². The summed E-state index contributed by atoms with van der Waals surface area (Å²) in [7, 11) is 0. The number of hydrogen-bond acceptors (Lipinski definition) is 6. The van der Waals surface area contributed by atoms with E-state index in [9.17, 15) is 10.1 Å². The van der Waals surface area contributed by atoms with Crippen LogP contribution in [-0.4, -0.2) is 24.9 Å². The second kappa shape index (κ2) is 3.33. The second-order valence-electron chi connectivity index (χ2n) is 2.72. The van der Waals surface area contributed by atoms with E-state index in [1.165, 1.54) is 16.9 Å². The van der Waals surface area contributed by atoms with E-state index in [-0.39, 0.29) is 11.5 Å². The topological polar surface area (TPSA) is 113 Å². The molecule has 2 aromatic heterocycles. The van der Waals surface area contributed by atoms with Gasteiger partial charge in [0.15, 0.2) is 5.82 Å². The van der Waals surface area contributed by atoms with Gasteiger partial charge in [-0.2, -0.15) is 5.10 Å². The minimum atomic E-state index is -0.534. The van der Waals surface area contributed by atoms with Crippen LogP contribution in [0.4, 0.5) is 11.5 Å². The second-order valence-corrected chi connectivity index (χ2v) is 2.72. The summed E-state index contributed by atoms with van der Waals surface area (Å²) in [6.45, 7) is 0. The maximum Gasteiger partial charge on any atom is 0.307 e. The quantitative estimate of drug-likeness (QED) is 0.552. The van der Waals surface area contributed by atoms with Gasteiger partial charge in [-0.15, -0.1) is 10.2 Å². The Morgan fingerprint density at radius 1 is 1.40 bits per heavy atom. The summed E-state index contributed by atoms with van der Waals surface area (Å²) >= 11 is 0. The van der Waals surface area contributed by atoms with E-state index in [4.69, 9.17) is 5.73 Å². The van der Waals surface area contributed by atoms with Gasteiger partial charge in [-0.3, -0.25) is 10.1 Å². The number of rotatable bonds is 2. The van der Waals surface area contributed by atoms with Crippen molar-refractivity contribution in [2.45, 2.75) is 0 Å². The van der Waals surface area contributed by atoms with E-state index in [1.54, 1.807) is 6.07 Å². The van der Waals surface area contributed by atoms with Crippen LogP contribution in [-0.2, 0) is 0 Å². The van der Waals surface area contributed by atoms with Crippen molar-refractivity contribution in [2.24, 2.45) is 0 Å². The van der Waals surface area contributed by atoms with Gasteiger partial charge in [-0.25, -0.2) is 4.68 Å². The number of nitrogens with zero attached hydrogens (tertiary/aromatic N) is 5. The monoisotopic (exact) mass is 206 g/mol. The van der Waals surface area contributed by atoms with Gasteiger partial charge in [0.05, 0.1) is 4.92 Å². The molecule has 0 atom stereocenters. The van der Waals surface area contributed by atoms with Gasteiger partial charge in [-0.05, 0) is 12.1 Å². The van der Waals surface area contributed by atoms with Gasteiger partial charge in [0.1, 0.15) is 18.2 Å². The van der Waals surface area contributed by atoms with Crippen LogP contribution in [0.2, 0.25) is 0 Å². The predicted molar refractivity (Wildman–Crippen MR) is 50.2 cm³/mol. The first kappa shape index (κ1) is 9.06. The highest BCUT2D eigenvalue weighted by molar-refractivity contribution is 5.33. The summed E-state index contributed by atoms with van der Waals surface area (Å²) in [5, 5.41) is 21.5. The molecule has 0 saturated heterocycles. The van der Waals surface area contributed by atoms with Crippen LogP contribution in [0.25, 0.3) is 5.82 Å². The summed E-state index contributed by atoms with van der Waals surface area (Å²) in [5.41, 5.74) is 5.24. The molecule has 0 aliphatic carbocycles. The number of nitro groups is 1. The summed E-state index contributed by atoms with van der Waals surface area (Å²) in [4.78, 5) is 9.86. The van der Waals surface area contributed by atoms with Crippen molar-refractivity contribution in [1.82, 2.24) is 20.0 Å². The molecule has 0 amide bonds. The molecule has 2 rings (SSSR count). The Labute approximate surface area is 83.5 Å². The van der Waals surface area contributed by atoms with Crippen molar-refractivity contribution in [3.63, 3.8) is 0 Å². The van der Waals surface area contributed by atoms with Gasteiger partial charge in [0.25, 0.3) is 0 Å². The van der Waals surface area contributed by atoms with E-state index in [1.807, 2.05) is 0 Å². The smallest absolute Gasteiger partial charge is 0.307 e. The fourth-order valence-corrected chi connectivity index (χ4v) is 0.991. The Bertz CT molecular complexity index is 490. The van der Waals surface area contributed by atoms with Crippen LogP contribution in [0.1, 0.15) is 0 Å². The summed E-state index contributed by atoms with van der Waals surface area (Å²) < 4.78 is 1.25. The molecular formula is C7H6N6O2. The molecule has 0 aliphatic heterocycles. The van der Waals surface area contributed by atoms with Crippen LogP contribution in [0.15, 0.2) is 24.5 Å². The van der Waals surface area contributed by atoms with Crippen molar-refractivity contribution in [3.8, 4) is 5.82 Å². The normalized spacial score (nSPS) is 10.1. The number of anilines is 1. The molecule has 2 aromatic rings. The molecule has 2 heterocycles. The maximum atomic E-state index is 10.4. The lowest BCUT2D eigenvalue weighted by Gasteiger charge is -1.97. The van der Waals surface area contributed by atoms with Crippen LogP contribution in [0.3, 0.4) is 0 Å². The average molecular weight is 206 g/mol. The molecule has 0 bridgehead atoms. The summed E-state index contributed by atoms with van der Waals surface area (Å²) in [5.74, 6) is 0.651. The Morgan fingerprint density at radius 2 is 2.20 bits per heavy atom. The number of hydrogen-bond donors (Lipinski definition) is 1. The lowest BCUT2D eigenvalue weighted by atomic mass is 10.5. The first-order valence-electron chi connectivity index (χ1n) is 3.95. The molecule has 0 spiro atoms. The van der Waals surface area contributed by atoms with Crippen LogP contribution >= 0.6 is 0 Å². The van der Waals surface area contributed by atoms with Gasteiger partial charge in [0, 0.05) is 0 Å². The van der Waals surface area contributed by atoms with Crippen LogP contribution < -0.4 is 5.73 Å². The van der Waals surface area contributed by atoms with Gasteiger partial charge >= 0.3 is 5.69 Å². The fourth-order valence-electron chi connectivity index (χ4n) is 0.991. The minimum Gasteiger partial charge on any atom is -0.382 e. The highest BCUT2D eigenvalue weighted by Gasteiger charge is 2.10. The zero-order chi connectivity index (χ0) is 10.8. The van der Waals surface area contributed by atoms with Crippen molar-refractivity contribution in [2.75, 3.05) is 5.73 Å². The highest BCUT2D eigenvalue weighted by atomic mass is 16.6. The molecule has 15 heavy (non-hydrogen) atoms. The number of aromatic nitrogens is 4. The zero-order valence-corrected chi connectivity index (χ0v) is 7.44. The molecule has 2 N–H and O–H groups in total. The number of nitrogen functional groups attached to an aromatic ring is 1. The Kier molecular flexibility index (Phi) is 2.01. The standard InChI is InChI=1S/C7H6N6O2/c8-6-1-2-7(11-10-6)12-4-5(3-9-12)13(14)15/h1-4H,(H2,8,10). The molecule has 0 aromatic carbocycles. The molecule has 0 unspecified atom stereocenters. The Morgan fingerprint density at radius 3 is 2.73 bits per heavy atom. The lowest BCUT2D eigenvalue weighted by Crippen LogP contribution is -2.01. The molecular weight excluding hydrogens is 200 g/mol. The molecule has 0 aliphatic rings. The molecule has 0 fully saturated rings.